The van der Waals surface area contributed by atoms with Gasteiger partial charge in [-0.05, 0) is 36.8 Å². The first-order valence-corrected chi connectivity index (χ1v) is 7.92. The molecule has 0 unspecified atom stereocenters. The van der Waals surface area contributed by atoms with Crippen molar-refractivity contribution in [2.24, 2.45) is 0 Å². The van der Waals surface area contributed by atoms with Gasteiger partial charge in [-0.3, -0.25) is 0 Å². The Balaban J connectivity index is 1.97. The average Bonchev–Trinajstić information content (AvgIpc) is 2.39. The second kappa shape index (κ2) is 5.84. The number of rotatable bonds is 3. The molecule has 1 saturated heterocycles. The van der Waals surface area contributed by atoms with E-state index >= 15 is 0 Å². The molecule has 4 heteroatoms. The molecule has 0 amide bonds. The minimum atomic E-state index is 1.14. The Labute approximate surface area is 107 Å². The molecule has 2 nitrogen and oxygen atoms in total. The maximum absolute atomic E-state index is 2.47. The van der Waals surface area contributed by atoms with Crippen LogP contribution in [0.25, 0.3) is 0 Å². The molecule has 0 N–H and O–H groups in total. The first-order valence-electron chi connectivity index (χ1n) is 5.51. The second-order valence-corrected chi connectivity index (χ2v) is 5.56. The zero-order valence-electron chi connectivity index (χ0n) is 9.85. The summed E-state index contributed by atoms with van der Waals surface area (Å²) < 4.78 is 2.42. The van der Waals surface area contributed by atoms with Crippen LogP contribution in [0.3, 0.4) is 0 Å². The van der Waals surface area contributed by atoms with Gasteiger partial charge >= 0.3 is 0 Å². The Kier molecular flexibility index (Phi) is 4.44. The van der Waals surface area contributed by atoms with E-state index in [1.807, 2.05) is 11.9 Å². The van der Waals surface area contributed by atoms with Crippen LogP contribution < -0.4 is 4.90 Å². The van der Waals surface area contributed by atoms with Crippen LogP contribution in [0.2, 0.25) is 0 Å². The lowest BCUT2D eigenvalue weighted by Gasteiger charge is -2.34. The minimum absolute atomic E-state index is 1.14. The van der Waals surface area contributed by atoms with E-state index in [2.05, 4.69) is 46.0 Å². The van der Waals surface area contributed by atoms with Crippen LogP contribution in [0.1, 0.15) is 0 Å². The predicted molar refractivity (Wildman–Crippen MR) is 75.5 cm³/mol. The first-order chi connectivity index (χ1) is 7.83. The molecular weight excluding hydrogens is 236 g/mol. The van der Waals surface area contributed by atoms with Crippen LogP contribution in [0, 0.1) is 0 Å². The monoisotopic (exact) mass is 254 g/mol. The van der Waals surface area contributed by atoms with Crippen molar-refractivity contribution in [3.63, 3.8) is 0 Å². The molecule has 0 bridgehead atoms. The number of piperazine rings is 1. The Morgan fingerprint density at radius 1 is 0.938 bits per heavy atom. The Morgan fingerprint density at radius 3 is 2.06 bits per heavy atom. The van der Waals surface area contributed by atoms with Crippen molar-refractivity contribution >= 4 is 29.4 Å². The topological polar surface area (TPSA) is 6.48 Å². The molecule has 0 atom stereocenters. The molecule has 88 valence electrons. The molecule has 16 heavy (non-hydrogen) atoms. The molecule has 1 aliphatic rings. The number of hydrogen-bond acceptors (Lipinski definition) is 4. The second-order valence-electron chi connectivity index (χ2n) is 3.80. The van der Waals surface area contributed by atoms with E-state index in [9.17, 15) is 0 Å². The smallest absolute Gasteiger partial charge is 0.0367 e. The lowest BCUT2D eigenvalue weighted by molar-refractivity contribution is 0.431. The van der Waals surface area contributed by atoms with Crippen molar-refractivity contribution in [2.75, 3.05) is 43.6 Å². The third kappa shape index (κ3) is 2.87. The van der Waals surface area contributed by atoms with Crippen molar-refractivity contribution in [2.45, 2.75) is 4.90 Å². The molecule has 0 aliphatic carbocycles. The predicted octanol–water partition coefficient (Wildman–Crippen LogP) is 2.81. The highest BCUT2D eigenvalue weighted by Crippen LogP contribution is 2.22. The van der Waals surface area contributed by atoms with Gasteiger partial charge < -0.3 is 4.90 Å². The molecule has 0 spiro atoms. The zero-order chi connectivity index (χ0) is 11.4. The molecule has 1 aliphatic heterocycles. The Morgan fingerprint density at radius 2 is 1.56 bits per heavy atom. The molecule has 1 fully saturated rings. The van der Waals surface area contributed by atoms with Crippen LogP contribution in [-0.4, -0.2) is 43.0 Å². The van der Waals surface area contributed by atoms with E-state index in [0.29, 0.717) is 0 Å². The molecular formula is C12H18N2S2. The molecule has 0 aromatic heterocycles. The van der Waals surface area contributed by atoms with E-state index < -0.39 is 0 Å². The van der Waals surface area contributed by atoms with Gasteiger partial charge in [-0.25, -0.2) is 4.31 Å². The highest BCUT2D eigenvalue weighted by Gasteiger charge is 2.15. The fourth-order valence-corrected chi connectivity index (χ4v) is 2.86. The van der Waals surface area contributed by atoms with Crippen molar-refractivity contribution in [1.82, 2.24) is 4.31 Å². The molecule has 0 radical (unpaired) electrons. The number of anilines is 1. The van der Waals surface area contributed by atoms with E-state index in [0.717, 1.165) is 26.2 Å². The summed E-state index contributed by atoms with van der Waals surface area (Å²) in [5.41, 5.74) is 1.36. The Bertz CT molecular complexity index is 318. The van der Waals surface area contributed by atoms with Crippen molar-refractivity contribution in [1.29, 1.82) is 0 Å². The van der Waals surface area contributed by atoms with Gasteiger partial charge in [0.2, 0.25) is 0 Å². The highest BCUT2D eigenvalue weighted by molar-refractivity contribution is 7.98. The van der Waals surface area contributed by atoms with Crippen LogP contribution >= 0.6 is 23.7 Å². The number of thioether (sulfide) groups is 1. The SMILES string of the molecule is CSc1ccc(N2CCN(SC)CC2)cc1. The quantitative estimate of drug-likeness (QED) is 0.604. The van der Waals surface area contributed by atoms with E-state index in [1.54, 1.807) is 11.8 Å². The van der Waals surface area contributed by atoms with Gasteiger partial charge in [0.15, 0.2) is 0 Å². The van der Waals surface area contributed by atoms with E-state index in [-0.39, 0.29) is 0 Å². The highest BCUT2D eigenvalue weighted by atomic mass is 32.2. The lowest BCUT2D eigenvalue weighted by atomic mass is 10.2. The molecule has 1 aromatic carbocycles. The largest absolute Gasteiger partial charge is 0.369 e. The fourth-order valence-electron chi connectivity index (χ4n) is 1.92. The van der Waals surface area contributed by atoms with Crippen molar-refractivity contribution in [3.8, 4) is 0 Å². The molecule has 1 aromatic rings. The number of hydrogen-bond donors (Lipinski definition) is 0. The van der Waals surface area contributed by atoms with Crippen LogP contribution in [0.4, 0.5) is 5.69 Å². The van der Waals surface area contributed by atoms with Gasteiger partial charge in [0, 0.05) is 36.8 Å². The third-order valence-corrected chi connectivity index (χ3v) is 4.56. The summed E-state index contributed by atoms with van der Waals surface area (Å²) in [5, 5.41) is 0. The van der Waals surface area contributed by atoms with Gasteiger partial charge in [0.25, 0.3) is 0 Å². The number of benzene rings is 1. The molecule has 1 heterocycles. The summed E-state index contributed by atoms with van der Waals surface area (Å²) in [6.07, 6.45) is 4.27. The summed E-state index contributed by atoms with van der Waals surface area (Å²) in [7, 11) is 0. The molecule has 2 rings (SSSR count). The summed E-state index contributed by atoms with van der Waals surface area (Å²) in [5.74, 6) is 0. The van der Waals surface area contributed by atoms with Gasteiger partial charge in [0.1, 0.15) is 0 Å². The normalized spacial score (nSPS) is 17.8. The maximum Gasteiger partial charge on any atom is 0.0367 e. The summed E-state index contributed by atoms with van der Waals surface area (Å²) >= 11 is 3.65. The van der Waals surface area contributed by atoms with Gasteiger partial charge in [-0.1, -0.05) is 11.9 Å². The van der Waals surface area contributed by atoms with Crippen molar-refractivity contribution in [3.05, 3.63) is 24.3 Å². The zero-order valence-corrected chi connectivity index (χ0v) is 11.5. The van der Waals surface area contributed by atoms with Gasteiger partial charge in [0.05, 0.1) is 0 Å². The van der Waals surface area contributed by atoms with Crippen molar-refractivity contribution < 1.29 is 0 Å². The number of nitrogens with zero attached hydrogens (tertiary/aromatic N) is 2. The van der Waals surface area contributed by atoms with Crippen LogP contribution in [0.15, 0.2) is 29.2 Å². The lowest BCUT2D eigenvalue weighted by Crippen LogP contribution is -2.43. The summed E-state index contributed by atoms with van der Waals surface area (Å²) in [6.45, 7) is 4.59. The van der Waals surface area contributed by atoms with E-state index in [1.165, 1.54) is 10.6 Å². The van der Waals surface area contributed by atoms with E-state index in [4.69, 9.17) is 0 Å². The standard InChI is InChI=1S/C12H18N2S2/c1-15-12-5-3-11(4-6-12)13-7-9-14(16-2)10-8-13/h3-6H,7-10H2,1-2H3. The van der Waals surface area contributed by atoms with Crippen LogP contribution in [0.5, 0.6) is 0 Å². The van der Waals surface area contributed by atoms with Gasteiger partial charge in [-0.2, -0.15) is 0 Å². The third-order valence-electron chi connectivity index (χ3n) is 2.93. The maximum atomic E-state index is 2.47. The molecule has 0 saturated carbocycles. The summed E-state index contributed by atoms with van der Waals surface area (Å²) in [4.78, 5) is 3.81. The minimum Gasteiger partial charge on any atom is -0.369 e. The first kappa shape index (κ1) is 12.1. The fraction of sp³-hybridized carbons (Fsp3) is 0.500. The van der Waals surface area contributed by atoms with Gasteiger partial charge in [-0.15, -0.1) is 11.8 Å². The Hall–Kier alpha value is -0.320. The van der Waals surface area contributed by atoms with Crippen LogP contribution in [-0.2, 0) is 0 Å². The summed E-state index contributed by atoms with van der Waals surface area (Å²) in [6, 6.07) is 8.89. The average molecular weight is 254 g/mol.